The fourth-order valence-electron chi connectivity index (χ4n) is 15.5. The van der Waals surface area contributed by atoms with E-state index >= 15 is 0 Å². The number of fused-ring (bicyclic) bond motifs is 20. The van der Waals surface area contributed by atoms with Gasteiger partial charge in [-0.2, -0.15) is 10.5 Å². The Morgan fingerprint density at radius 2 is 0.786 bits per heavy atom. The van der Waals surface area contributed by atoms with Crippen molar-refractivity contribution in [3.05, 3.63) is 325 Å². The summed E-state index contributed by atoms with van der Waals surface area (Å²) in [6.45, 7) is 16.6. The van der Waals surface area contributed by atoms with Crippen LogP contribution in [0.4, 0.5) is 11.4 Å². The molecule has 0 atom stereocenters. The minimum atomic E-state index is 0.481. The number of nitrogens with zero attached hydrogens (tertiary/aromatic N) is 8. The third kappa shape index (κ3) is 8.04. The van der Waals surface area contributed by atoms with Gasteiger partial charge in [0.05, 0.1) is 90.9 Å². The second-order valence-corrected chi connectivity index (χ2v) is 24.6. The molecule has 6 aromatic heterocycles. The molecule has 0 aliphatic carbocycles. The molecule has 0 bridgehead atoms. The van der Waals surface area contributed by atoms with Crippen molar-refractivity contribution in [3.63, 3.8) is 0 Å². The number of aromatic nitrogens is 4. The van der Waals surface area contributed by atoms with Gasteiger partial charge in [0.15, 0.2) is 5.69 Å². The van der Waals surface area contributed by atoms with Crippen molar-refractivity contribution in [1.82, 2.24) is 18.3 Å². The lowest BCUT2D eigenvalue weighted by molar-refractivity contribution is 0.669. The third-order valence-electron chi connectivity index (χ3n) is 19.6. The van der Waals surface area contributed by atoms with Crippen molar-refractivity contribution in [2.45, 2.75) is 0 Å². The first-order valence-corrected chi connectivity index (χ1v) is 32.2. The van der Waals surface area contributed by atoms with Crippen LogP contribution in [0.3, 0.4) is 0 Å². The minimum Gasteiger partial charge on any atom is -0.456 e. The van der Waals surface area contributed by atoms with Gasteiger partial charge < -0.3 is 27.1 Å². The van der Waals surface area contributed by atoms with Gasteiger partial charge in [0.2, 0.25) is 5.69 Å². The Balaban J connectivity index is 0.000000137. The van der Waals surface area contributed by atoms with Crippen LogP contribution in [0, 0.1) is 35.8 Å². The highest BCUT2D eigenvalue weighted by Gasteiger charge is 2.27. The van der Waals surface area contributed by atoms with E-state index in [1.165, 1.54) is 10.8 Å². The number of furan rings is 2. The van der Waals surface area contributed by atoms with Crippen LogP contribution in [0.1, 0.15) is 11.1 Å². The lowest BCUT2D eigenvalue weighted by Gasteiger charge is -2.18. The van der Waals surface area contributed by atoms with Crippen LogP contribution >= 0.6 is 0 Å². The summed E-state index contributed by atoms with van der Waals surface area (Å²) in [5, 5.41) is 34.2. The molecule has 0 saturated heterocycles. The normalized spacial score (nSPS) is 11.6. The van der Waals surface area contributed by atoms with Crippen molar-refractivity contribution < 1.29 is 8.83 Å². The Bertz CT molecular complexity index is 6890. The van der Waals surface area contributed by atoms with Crippen molar-refractivity contribution in [2.75, 3.05) is 0 Å². The summed E-state index contributed by atoms with van der Waals surface area (Å²) >= 11 is 0. The number of para-hydroxylation sites is 9. The van der Waals surface area contributed by atoms with Crippen molar-refractivity contribution in [1.29, 1.82) is 10.5 Å². The topological polar surface area (TPSA) is 102 Å². The molecule has 0 spiro atoms. The van der Waals surface area contributed by atoms with Crippen LogP contribution in [0.2, 0.25) is 0 Å². The summed E-state index contributed by atoms with van der Waals surface area (Å²) in [7, 11) is 0. The summed E-state index contributed by atoms with van der Waals surface area (Å²) in [6.07, 6.45) is 0. The molecule has 0 unspecified atom stereocenters. The van der Waals surface area contributed by atoms with Crippen LogP contribution < -0.4 is 0 Å². The average Bonchev–Trinajstić information content (AvgIpc) is 1.56. The molecule has 20 aromatic rings. The number of hydrogen-bond acceptors (Lipinski definition) is 4. The zero-order valence-electron chi connectivity index (χ0n) is 52.1. The van der Waals surface area contributed by atoms with E-state index in [0.717, 1.165) is 160 Å². The molecule has 0 aliphatic rings. The smallest absolute Gasteiger partial charge is 0.211 e. The molecule has 98 heavy (non-hydrogen) atoms. The summed E-state index contributed by atoms with van der Waals surface area (Å²) in [5.74, 6) is 0. The first kappa shape index (κ1) is 55.5. The van der Waals surface area contributed by atoms with Gasteiger partial charge in [0.25, 0.3) is 0 Å². The Labute approximate surface area is 559 Å². The van der Waals surface area contributed by atoms with E-state index in [1.807, 2.05) is 103 Å². The largest absolute Gasteiger partial charge is 0.456 e. The van der Waals surface area contributed by atoms with Gasteiger partial charge in [-0.15, -0.1) is 0 Å². The molecule has 10 heteroatoms. The monoisotopic (exact) mass is 1250 g/mol. The predicted molar refractivity (Wildman–Crippen MR) is 398 cm³/mol. The maximum Gasteiger partial charge on any atom is 0.211 e. The first-order chi connectivity index (χ1) is 48.5. The molecule has 0 amide bonds. The Morgan fingerprint density at radius 1 is 0.306 bits per heavy atom. The molecular weight excluding hydrogens is 1200 g/mol. The zero-order valence-corrected chi connectivity index (χ0v) is 52.1. The maximum atomic E-state index is 10.6. The Hall–Kier alpha value is -14.2. The van der Waals surface area contributed by atoms with Crippen LogP contribution in [-0.4, -0.2) is 18.3 Å². The van der Waals surface area contributed by atoms with Gasteiger partial charge in [-0.3, -0.25) is 0 Å². The molecule has 10 nitrogen and oxygen atoms in total. The highest BCUT2D eigenvalue weighted by Crippen LogP contribution is 2.48. The molecule has 0 fully saturated rings. The second-order valence-electron chi connectivity index (χ2n) is 24.6. The number of nitriles is 2. The van der Waals surface area contributed by atoms with E-state index in [0.29, 0.717) is 28.2 Å². The second kappa shape index (κ2) is 21.7. The molecule has 452 valence electrons. The quantitative estimate of drug-likeness (QED) is 0.155. The van der Waals surface area contributed by atoms with Gasteiger partial charge in [0, 0.05) is 76.1 Å². The highest BCUT2D eigenvalue weighted by atomic mass is 16.3. The van der Waals surface area contributed by atoms with Gasteiger partial charge in [-0.25, -0.2) is 9.69 Å². The summed E-state index contributed by atoms with van der Waals surface area (Å²) in [6, 6.07) is 103. The first-order valence-electron chi connectivity index (χ1n) is 32.2. The van der Waals surface area contributed by atoms with Crippen molar-refractivity contribution in [2.24, 2.45) is 0 Å². The lowest BCUT2D eigenvalue weighted by Crippen LogP contribution is -2.01. The third-order valence-corrected chi connectivity index (χ3v) is 19.6. The maximum absolute atomic E-state index is 10.6. The predicted octanol–water partition coefficient (Wildman–Crippen LogP) is 23.7. The van der Waals surface area contributed by atoms with Crippen LogP contribution in [0.5, 0.6) is 0 Å². The van der Waals surface area contributed by atoms with E-state index in [4.69, 9.17) is 22.0 Å². The van der Waals surface area contributed by atoms with Crippen LogP contribution in [-0.2, 0) is 0 Å². The minimum absolute atomic E-state index is 0.481. The molecule has 0 aliphatic heterocycles. The lowest BCUT2D eigenvalue weighted by atomic mass is 9.97. The standard InChI is InChI=1S/2C44H24N4O/c1-46-34-25-27(21-22-38(34)47-35-17-6-2-12-30(35)31-13-3-7-18-36(31)47)29-16-10-11-28(26-45)44(29)48-37-19-8-4-14-32(37)42-39(48)23-24-41-43(42)33-15-5-9-20-40(33)49-41;1-46-35-24-20-28(26-45)43(41(35)27-18-21-29(22-19-27)47-36-14-6-2-10-30(36)31-11-3-7-15-37(31)47)48-38-16-8-4-13-34(38)42-39(48)25-23-33-32-12-5-9-17-40(32)49-44(33)42/h2*2-25H. The molecule has 14 aromatic carbocycles. The molecule has 6 heterocycles. The summed E-state index contributed by atoms with van der Waals surface area (Å²) < 4.78 is 21.6. The fourth-order valence-corrected chi connectivity index (χ4v) is 15.5. The highest BCUT2D eigenvalue weighted by molar-refractivity contribution is 6.28. The zero-order chi connectivity index (χ0) is 65.3. The van der Waals surface area contributed by atoms with Crippen molar-refractivity contribution in [3.8, 4) is 57.1 Å². The Morgan fingerprint density at radius 3 is 1.39 bits per heavy atom. The van der Waals surface area contributed by atoms with Gasteiger partial charge in [0.1, 0.15) is 34.5 Å². The molecule has 20 rings (SSSR count). The number of rotatable bonds is 6. The van der Waals surface area contributed by atoms with E-state index in [-0.39, 0.29) is 0 Å². The van der Waals surface area contributed by atoms with E-state index < -0.39 is 0 Å². The summed E-state index contributed by atoms with van der Waals surface area (Å²) in [5.41, 5.74) is 20.2. The van der Waals surface area contributed by atoms with Gasteiger partial charge >= 0.3 is 0 Å². The molecule has 0 saturated carbocycles. The Kier molecular flexibility index (Phi) is 12.3. The summed E-state index contributed by atoms with van der Waals surface area (Å²) in [4.78, 5) is 8.05. The number of benzene rings is 14. The van der Waals surface area contributed by atoms with Crippen molar-refractivity contribution >= 4 is 142 Å². The fraction of sp³-hybridized carbons (Fsp3) is 0. The number of hydrogen-bond donors (Lipinski definition) is 0. The van der Waals surface area contributed by atoms with E-state index in [9.17, 15) is 10.5 Å². The van der Waals surface area contributed by atoms with Crippen LogP contribution in [0.15, 0.2) is 300 Å². The molecule has 0 radical (unpaired) electrons. The van der Waals surface area contributed by atoms with E-state index in [1.54, 1.807) is 12.1 Å². The average molecular weight is 1250 g/mol. The van der Waals surface area contributed by atoms with Gasteiger partial charge in [-0.05, 0) is 114 Å². The molecule has 0 N–H and O–H groups in total. The van der Waals surface area contributed by atoms with E-state index in [2.05, 4.69) is 216 Å². The molecular formula is C88H48N8O2. The van der Waals surface area contributed by atoms with Gasteiger partial charge in [-0.1, -0.05) is 188 Å². The SMILES string of the molecule is [C-]#[N+]c1cc(-c2cccc(C#N)c2-n2c3ccccc3c3c4c(ccc32)oc2ccccc24)ccc1-n1c2ccccc2c2ccccc21.[C-]#[N+]c1ccc(C#N)c(-n2c3ccccc3c3c4oc5ccccc5c4ccc32)c1-c1ccc(-n2c3ccccc3c3ccccc32)cc1. The van der Waals surface area contributed by atoms with Crippen LogP contribution in [0.25, 0.3) is 186 Å².